The summed E-state index contributed by atoms with van der Waals surface area (Å²) in [6.45, 7) is 4.59. The number of rotatable bonds is 5. The minimum atomic E-state index is -1.05. The smallest absolute Gasteiger partial charge is 0.164 e. The first-order valence-corrected chi connectivity index (χ1v) is 12.1. The number of ether oxygens (including phenoxy) is 1. The van der Waals surface area contributed by atoms with E-state index >= 15 is 0 Å². The molecule has 6 heterocycles. The van der Waals surface area contributed by atoms with Crippen LogP contribution in [-0.4, -0.2) is 84.6 Å². The van der Waals surface area contributed by atoms with Gasteiger partial charge in [0.1, 0.15) is 36.1 Å². The Morgan fingerprint density at radius 3 is 2.74 bits per heavy atom. The fourth-order valence-electron chi connectivity index (χ4n) is 6.14. The molecule has 6 rings (SSSR count). The molecule has 3 aliphatic heterocycles. The second-order valence-electron chi connectivity index (χ2n) is 9.95. The normalized spacial score (nSPS) is 30.1. The molecule has 10 heteroatoms. The zero-order valence-corrected chi connectivity index (χ0v) is 19.2. The summed E-state index contributed by atoms with van der Waals surface area (Å²) in [5.74, 6) is 0.381. The largest absolute Gasteiger partial charge is 0.472 e. The number of aliphatic hydroxyl groups is 2. The summed E-state index contributed by atoms with van der Waals surface area (Å²) in [5, 5.41) is 22.5. The molecule has 182 valence electrons. The van der Waals surface area contributed by atoms with Crippen molar-refractivity contribution in [1.29, 1.82) is 0 Å². The molecule has 0 saturated carbocycles. The maximum atomic E-state index is 10.9. The predicted octanol–water partition coefficient (Wildman–Crippen LogP) is 1.36. The highest BCUT2D eigenvalue weighted by Gasteiger charge is 2.49. The number of fused-ring (bicyclic) bond motifs is 1. The van der Waals surface area contributed by atoms with E-state index in [1.807, 2.05) is 18.4 Å². The highest BCUT2D eigenvalue weighted by molar-refractivity contribution is 5.86. The van der Waals surface area contributed by atoms with E-state index in [-0.39, 0.29) is 5.54 Å². The maximum absolute atomic E-state index is 10.9. The summed E-state index contributed by atoms with van der Waals surface area (Å²) in [7, 11) is 0. The second-order valence-corrected chi connectivity index (χ2v) is 9.95. The van der Waals surface area contributed by atoms with Crippen LogP contribution in [0.25, 0.3) is 11.0 Å². The lowest BCUT2D eigenvalue weighted by Crippen LogP contribution is -2.54. The van der Waals surface area contributed by atoms with Gasteiger partial charge in [0, 0.05) is 43.5 Å². The first-order chi connectivity index (χ1) is 16.5. The van der Waals surface area contributed by atoms with Gasteiger partial charge in [-0.2, -0.15) is 0 Å². The number of aliphatic hydroxyl groups excluding tert-OH is 2. The monoisotopic (exact) mass is 468 g/mol. The lowest BCUT2D eigenvalue weighted by atomic mass is 9.84. The van der Waals surface area contributed by atoms with Crippen LogP contribution in [0.1, 0.15) is 37.5 Å². The number of hydrogen-bond acceptors (Lipinski definition) is 9. The van der Waals surface area contributed by atoms with Crippen molar-refractivity contribution < 1.29 is 19.4 Å². The van der Waals surface area contributed by atoms with Crippen molar-refractivity contribution in [2.45, 2.75) is 62.3 Å². The van der Waals surface area contributed by atoms with Gasteiger partial charge >= 0.3 is 0 Å². The van der Waals surface area contributed by atoms with Crippen molar-refractivity contribution in [2.24, 2.45) is 0 Å². The molecule has 4 N–H and O–H groups in total. The molecule has 0 aliphatic carbocycles. The summed E-state index contributed by atoms with van der Waals surface area (Å²) >= 11 is 0. The SMILES string of the molecule is Nc1ncnc2c1ccn2[C@@H]1O[C@H](CN2CCCC23CCN(Cc2ccoc2)CC3)[C@@H](O)[C@H]1O. The van der Waals surface area contributed by atoms with E-state index in [1.165, 1.54) is 18.3 Å². The number of nitrogens with two attached hydrogens (primary N) is 1. The third kappa shape index (κ3) is 3.70. The van der Waals surface area contributed by atoms with Crippen LogP contribution in [0.5, 0.6) is 0 Å². The Morgan fingerprint density at radius 1 is 1.09 bits per heavy atom. The summed E-state index contributed by atoms with van der Waals surface area (Å²) in [5.41, 5.74) is 7.90. The number of nitrogen functional groups attached to an aromatic ring is 1. The number of furan rings is 1. The van der Waals surface area contributed by atoms with Crippen LogP contribution in [-0.2, 0) is 11.3 Å². The van der Waals surface area contributed by atoms with Crippen molar-refractivity contribution >= 4 is 16.9 Å². The topological polar surface area (TPSA) is 126 Å². The Labute approximate surface area is 197 Å². The van der Waals surface area contributed by atoms with Crippen LogP contribution in [0, 0.1) is 0 Å². The fraction of sp³-hybridized carbons (Fsp3) is 0.583. The van der Waals surface area contributed by atoms with Crippen LogP contribution in [0.2, 0.25) is 0 Å². The van der Waals surface area contributed by atoms with E-state index in [0.29, 0.717) is 23.4 Å². The van der Waals surface area contributed by atoms with Crippen LogP contribution < -0.4 is 5.73 Å². The molecule has 0 unspecified atom stereocenters. The van der Waals surface area contributed by atoms with E-state index in [0.717, 1.165) is 45.4 Å². The average molecular weight is 469 g/mol. The molecule has 0 bridgehead atoms. The van der Waals surface area contributed by atoms with E-state index in [4.69, 9.17) is 14.9 Å². The standard InChI is InChI=1S/C24H32N6O4/c25-21-17-2-8-30(22(17)27-15-26-21)23-20(32)19(31)18(34-23)13-29-7-1-4-24(29)5-9-28(10-6-24)12-16-3-11-33-14-16/h2-3,8,11,14-15,18-20,23,31-32H,1,4-7,9-10,12-13H2,(H2,25,26,27)/t18-,19-,20-,23-/m1/s1. The Balaban J connectivity index is 1.14. The molecule has 1 spiro atoms. The van der Waals surface area contributed by atoms with Gasteiger partial charge in [-0.25, -0.2) is 9.97 Å². The lowest BCUT2D eigenvalue weighted by molar-refractivity contribution is -0.0578. The molecule has 3 fully saturated rings. The molecule has 3 saturated heterocycles. The Kier molecular flexibility index (Phi) is 5.57. The van der Waals surface area contributed by atoms with Crippen LogP contribution >= 0.6 is 0 Å². The van der Waals surface area contributed by atoms with Crippen molar-refractivity contribution in [3.05, 3.63) is 42.7 Å². The van der Waals surface area contributed by atoms with Crippen LogP contribution in [0.15, 0.2) is 41.6 Å². The highest BCUT2D eigenvalue weighted by Crippen LogP contribution is 2.41. The molecule has 3 aliphatic rings. The van der Waals surface area contributed by atoms with Gasteiger partial charge in [0.05, 0.1) is 17.9 Å². The van der Waals surface area contributed by atoms with Gasteiger partial charge in [-0.1, -0.05) is 0 Å². The van der Waals surface area contributed by atoms with E-state index in [9.17, 15) is 10.2 Å². The zero-order chi connectivity index (χ0) is 23.3. The third-order valence-corrected chi connectivity index (χ3v) is 8.07. The van der Waals surface area contributed by atoms with Gasteiger partial charge in [-0.3, -0.25) is 9.80 Å². The first-order valence-electron chi connectivity index (χ1n) is 12.1. The average Bonchev–Trinajstić information content (AvgIpc) is 3.62. The molecule has 10 nitrogen and oxygen atoms in total. The number of piperidine rings is 1. The number of aromatic nitrogens is 3. The fourth-order valence-corrected chi connectivity index (χ4v) is 6.14. The number of likely N-dealkylation sites (tertiary alicyclic amines) is 2. The number of hydrogen-bond donors (Lipinski definition) is 3. The molecule has 0 amide bonds. The zero-order valence-electron chi connectivity index (χ0n) is 19.2. The highest BCUT2D eigenvalue weighted by atomic mass is 16.6. The van der Waals surface area contributed by atoms with Crippen molar-refractivity contribution in [3.63, 3.8) is 0 Å². The third-order valence-electron chi connectivity index (χ3n) is 8.07. The Bertz CT molecular complexity index is 1130. The van der Waals surface area contributed by atoms with Crippen LogP contribution in [0.3, 0.4) is 0 Å². The van der Waals surface area contributed by atoms with Gasteiger partial charge < -0.3 is 29.7 Å². The summed E-state index contributed by atoms with van der Waals surface area (Å²) < 4.78 is 13.2. The summed E-state index contributed by atoms with van der Waals surface area (Å²) in [4.78, 5) is 13.3. The van der Waals surface area contributed by atoms with E-state index in [2.05, 4.69) is 19.8 Å². The number of nitrogens with zero attached hydrogens (tertiary/aromatic N) is 5. The molecular weight excluding hydrogens is 436 g/mol. The minimum absolute atomic E-state index is 0.140. The molecule has 0 radical (unpaired) electrons. The molecule has 4 atom stereocenters. The quantitative estimate of drug-likeness (QED) is 0.509. The van der Waals surface area contributed by atoms with Gasteiger partial charge in [-0.15, -0.1) is 0 Å². The molecule has 3 aromatic rings. The Hall–Kier alpha value is -2.50. The van der Waals surface area contributed by atoms with Gasteiger partial charge in [0.2, 0.25) is 0 Å². The minimum Gasteiger partial charge on any atom is -0.472 e. The van der Waals surface area contributed by atoms with Crippen molar-refractivity contribution in [3.8, 4) is 0 Å². The first kappa shape index (κ1) is 22.0. The summed E-state index contributed by atoms with van der Waals surface area (Å²) in [6.07, 6.45) is 8.02. The molecule has 34 heavy (non-hydrogen) atoms. The van der Waals surface area contributed by atoms with Crippen LogP contribution in [0.4, 0.5) is 5.82 Å². The van der Waals surface area contributed by atoms with E-state index < -0.39 is 24.5 Å². The molecule has 3 aromatic heterocycles. The lowest BCUT2D eigenvalue weighted by Gasteiger charge is -2.46. The van der Waals surface area contributed by atoms with Crippen molar-refractivity contribution in [2.75, 3.05) is 31.9 Å². The van der Waals surface area contributed by atoms with Crippen molar-refractivity contribution in [1.82, 2.24) is 24.3 Å². The summed E-state index contributed by atoms with van der Waals surface area (Å²) in [6, 6.07) is 3.84. The molecular formula is C24H32N6O4. The maximum Gasteiger partial charge on any atom is 0.164 e. The molecule has 0 aromatic carbocycles. The van der Waals surface area contributed by atoms with Gasteiger partial charge in [0.15, 0.2) is 6.23 Å². The van der Waals surface area contributed by atoms with Gasteiger partial charge in [-0.05, 0) is 44.4 Å². The number of anilines is 1. The Morgan fingerprint density at radius 2 is 1.94 bits per heavy atom. The second kappa shape index (κ2) is 8.62. The predicted molar refractivity (Wildman–Crippen MR) is 125 cm³/mol. The van der Waals surface area contributed by atoms with Gasteiger partial charge in [0.25, 0.3) is 0 Å². The van der Waals surface area contributed by atoms with E-state index in [1.54, 1.807) is 17.0 Å².